The molecule has 0 saturated heterocycles. The van der Waals surface area contributed by atoms with E-state index < -0.39 is 34.3 Å². The fourth-order valence-corrected chi connectivity index (χ4v) is 9.12. The van der Waals surface area contributed by atoms with Crippen LogP contribution in [-0.4, -0.2) is 50.5 Å². The maximum atomic E-state index is 13.9. The van der Waals surface area contributed by atoms with E-state index in [1.165, 1.54) is 61.1 Å². The van der Waals surface area contributed by atoms with Gasteiger partial charge in [-0.1, -0.05) is 44.5 Å². The second-order valence-electron chi connectivity index (χ2n) is 13.2. The van der Waals surface area contributed by atoms with Crippen LogP contribution in [0.25, 0.3) is 0 Å². The minimum atomic E-state index is -3.82. The summed E-state index contributed by atoms with van der Waals surface area (Å²) in [7, 11) is -3.82. The highest BCUT2D eigenvalue weighted by atomic mass is 32.2. The van der Waals surface area contributed by atoms with Crippen molar-refractivity contribution in [3.05, 3.63) is 65.5 Å². The van der Waals surface area contributed by atoms with Gasteiger partial charge < -0.3 is 10.2 Å². The van der Waals surface area contributed by atoms with Gasteiger partial charge in [0.2, 0.25) is 21.8 Å². The molecule has 2 amide bonds. The number of nitrogens with one attached hydrogen (secondary N) is 1. The van der Waals surface area contributed by atoms with Gasteiger partial charge in [0.15, 0.2) is 0 Å². The largest absolute Gasteiger partial charge is 0.354 e. The molecule has 4 bridgehead atoms. The average Bonchev–Trinajstić information content (AvgIpc) is 2.95. The number of hydrogen-bond acceptors (Lipinski definition) is 4. The van der Waals surface area contributed by atoms with Crippen molar-refractivity contribution in [1.29, 1.82) is 0 Å². The highest BCUT2D eigenvalue weighted by Gasteiger charge is 2.51. The molecule has 4 aliphatic carbocycles. The fourth-order valence-electron chi connectivity index (χ4n) is 8.27. The summed E-state index contributed by atoms with van der Waals surface area (Å²) in [4.78, 5) is 28.6. The highest BCUT2D eigenvalue weighted by molar-refractivity contribution is 7.92. The van der Waals surface area contributed by atoms with Crippen LogP contribution in [0.1, 0.15) is 82.8 Å². The molecule has 43 heavy (non-hydrogen) atoms. The molecule has 9 heteroatoms. The summed E-state index contributed by atoms with van der Waals surface area (Å²) >= 11 is 0. The molecule has 0 heterocycles. The lowest BCUT2D eigenvalue weighted by molar-refractivity contribution is -0.140. The summed E-state index contributed by atoms with van der Waals surface area (Å²) in [5.41, 5.74) is 2.56. The summed E-state index contributed by atoms with van der Waals surface area (Å²) in [6, 6.07) is 12.8. The molecule has 0 unspecified atom stereocenters. The summed E-state index contributed by atoms with van der Waals surface area (Å²) in [5.74, 6) is 1.23. The third-order valence-corrected chi connectivity index (χ3v) is 11.1. The van der Waals surface area contributed by atoms with Gasteiger partial charge >= 0.3 is 0 Å². The van der Waals surface area contributed by atoms with Gasteiger partial charge in [-0.3, -0.25) is 13.9 Å². The third kappa shape index (κ3) is 7.08. The van der Waals surface area contributed by atoms with Crippen molar-refractivity contribution in [2.45, 2.75) is 89.6 Å². The quantitative estimate of drug-likeness (QED) is 0.291. The van der Waals surface area contributed by atoms with Crippen LogP contribution in [0, 0.1) is 23.6 Å². The van der Waals surface area contributed by atoms with Crippen molar-refractivity contribution in [3.63, 3.8) is 0 Å². The van der Waals surface area contributed by atoms with Gasteiger partial charge in [0.25, 0.3) is 0 Å². The van der Waals surface area contributed by atoms with E-state index in [0.29, 0.717) is 24.2 Å². The number of anilines is 1. The normalized spacial score (nSPS) is 24.9. The number of nitrogens with zero attached hydrogens (tertiary/aromatic N) is 2. The molecule has 0 aromatic heterocycles. The van der Waals surface area contributed by atoms with Gasteiger partial charge in [-0.15, -0.1) is 0 Å². The molecule has 6 rings (SSSR count). The first-order valence-corrected chi connectivity index (χ1v) is 17.8. The van der Waals surface area contributed by atoms with Crippen molar-refractivity contribution in [2.24, 2.45) is 17.8 Å². The highest BCUT2D eigenvalue weighted by Crippen LogP contribution is 2.60. The van der Waals surface area contributed by atoms with Crippen molar-refractivity contribution >= 4 is 27.5 Å². The van der Waals surface area contributed by atoms with Gasteiger partial charge in [0.05, 0.1) is 11.9 Å². The molecule has 0 radical (unpaired) electrons. The van der Waals surface area contributed by atoms with Gasteiger partial charge in [-0.05, 0) is 110 Å². The summed E-state index contributed by atoms with van der Waals surface area (Å²) in [6.07, 6.45) is 10.9. The van der Waals surface area contributed by atoms with Gasteiger partial charge in [0.1, 0.15) is 18.4 Å². The molecular formula is C34H46FN3O4S. The Balaban J connectivity index is 1.38. The number of sulfonamides is 1. The Labute approximate surface area is 256 Å². The molecule has 4 fully saturated rings. The Kier molecular flexibility index (Phi) is 9.49. The monoisotopic (exact) mass is 611 g/mol. The molecule has 1 atom stereocenters. The number of hydrogen-bond donors (Lipinski definition) is 1. The van der Waals surface area contributed by atoms with Crippen molar-refractivity contribution in [1.82, 2.24) is 10.2 Å². The minimum Gasteiger partial charge on any atom is -0.354 e. The number of amides is 2. The molecule has 0 aliphatic heterocycles. The number of unbranched alkanes of at least 4 members (excludes halogenated alkanes) is 1. The van der Waals surface area contributed by atoms with Crippen LogP contribution in [0.15, 0.2) is 48.5 Å². The SMILES string of the molecule is CCCCNC(=O)[C@@H](CC)N(Cc1ccc(F)cc1)C(=O)CN(c1ccc(C23CC4CC(CC(C4)C2)C3)cc1)S(C)(=O)=O. The average molecular weight is 612 g/mol. The maximum Gasteiger partial charge on any atom is 0.244 e. The number of carbonyl (C=O) groups is 2. The van der Waals surface area contributed by atoms with Crippen LogP contribution in [0.5, 0.6) is 0 Å². The second-order valence-corrected chi connectivity index (χ2v) is 15.1. The van der Waals surface area contributed by atoms with E-state index in [4.69, 9.17) is 0 Å². The molecule has 2 aromatic rings. The molecule has 4 saturated carbocycles. The van der Waals surface area contributed by atoms with Crippen LogP contribution in [0.3, 0.4) is 0 Å². The predicted molar refractivity (Wildman–Crippen MR) is 167 cm³/mol. The first-order chi connectivity index (χ1) is 20.5. The number of carbonyl (C=O) groups excluding carboxylic acids is 2. The summed E-state index contributed by atoms with van der Waals surface area (Å²) < 4.78 is 40.9. The molecule has 7 nitrogen and oxygen atoms in total. The van der Waals surface area contributed by atoms with Crippen molar-refractivity contribution < 1.29 is 22.4 Å². The van der Waals surface area contributed by atoms with E-state index in [-0.39, 0.29) is 17.9 Å². The Morgan fingerprint density at radius 2 is 1.53 bits per heavy atom. The zero-order chi connectivity index (χ0) is 30.8. The third-order valence-electron chi connectivity index (χ3n) is 9.97. The van der Waals surface area contributed by atoms with Crippen molar-refractivity contribution in [3.8, 4) is 0 Å². The van der Waals surface area contributed by atoms with Crippen LogP contribution in [0.2, 0.25) is 0 Å². The number of rotatable bonds is 13. The number of halogens is 1. The molecule has 1 N–H and O–H groups in total. The van der Waals surface area contributed by atoms with E-state index in [1.807, 2.05) is 26.0 Å². The van der Waals surface area contributed by atoms with Crippen LogP contribution in [-0.2, 0) is 31.6 Å². The number of benzene rings is 2. The molecule has 234 valence electrons. The maximum absolute atomic E-state index is 13.9. The summed E-state index contributed by atoms with van der Waals surface area (Å²) in [5, 5.41) is 2.92. The van der Waals surface area contributed by atoms with E-state index >= 15 is 0 Å². The Morgan fingerprint density at radius 3 is 2.05 bits per heavy atom. The van der Waals surface area contributed by atoms with Gasteiger partial charge in [-0.25, -0.2) is 12.8 Å². The first kappa shape index (κ1) is 31.5. The van der Waals surface area contributed by atoms with Gasteiger partial charge in [0, 0.05) is 13.1 Å². The lowest BCUT2D eigenvalue weighted by atomic mass is 9.48. The van der Waals surface area contributed by atoms with Crippen LogP contribution >= 0.6 is 0 Å². The second kappa shape index (κ2) is 13.0. The van der Waals surface area contributed by atoms with Crippen molar-refractivity contribution in [2.75, 3.05) is 23.7 Å². The molecule has 0 spiro atoms. The van der Waals surface area contributed by atoms with E-state index in [0.717, 1.165) is 41.2 Å². The Hall–Kier alpha value is -2.94. The lowest BCUT2D eigenvalue weighted by Crippen LogP contribution is -2.52. The zero-order valence-electron chi connectivity index (χ0n) is 25.7. The van der Waals surface area contributed by atoms with E-state index in [2.05, 4.69) is 17.4 Å². The van der Waals surface area contributed by atoms with Crippen LogP contribution in [0.4, 0.5) is 10.1 Å². The van der Waals surface area contributed by atoms with E-state index in [9.17, 15) is 22.4 Å². The molecular weight excluding hydrogens is 565 g/mol. The Morgan fingerprint density at radius 1 is 0.953 bits per heavy atom. The lowest BCUT2D eigenvalue weighted by Gasteiger charge is -2.57. The summed E-state index contributed by atoms with van der Waals surface area (Å²) in [6.45, 7) is 3.97. The first-order valence-electron chi connectivity index (χ1n) is 15.9. The van der Waals surface area contributed by atoms with Gasteiger partial charge in [-0.2, -0.15) is 0 Å². The smallest absolute Gasteiger partial charge is 0.244 e. The molecule has 4 aliphatic rings. The fraction of sp³-hybridized carbons (Fsp3) is 0.588. The van der Waals surface area contributed by atoms with Crippen LogP contribution < -0.4 is 9.62 Å². The van der Waals surface area contributed by atoms with E-state index in [1.54, 1.807) is 12.1 Å². The minimum absolute atomic E-state index is 0.0569. The zero-order valence-corrected chi connectivity index (χ0v) is 26.5. The standard InChI is InChI=1S/C34H46FN3O4S/c1-4-6-15-36-33(40)31(5-2)37(22-24-7-11-29(35)12-8-24)32(39)23-38(43(3,41)42)30-13-9-28(10-14-30)34-19-25-16-26(20-34)18-27(17-25)21-34/h7-14,25-27,31H,4-6,15-23H2,1-3H3,(H,36,40)/t25?,26?,27?,31-,34?/m1/s1. The Bertz CT molecular complexity index is 1360. The topological polar surface area (TPSA) is 86.8 Å². The predicted octanol–water partition coefficient (Wildman–Crippen LogP) is 5.78. The molecule has 2 aromatic carbocycles.